The third-order valence-corrected chi connectivity index (χ3v) is 4.70. The van der Waals surface area contributed by atoms with Crippen LogP contribution >= 0.6 is 0 Å². The van der Waals surface area contributed by atoms with Gasteiger partial charge in [-0.15, -0.1) is 0 Å². The lowest BCUT2D eigenvalue weighted by molar-refractivity contribution is -0.138. The minimum Gasteiger partial charge on any atom is -0.493 e. The van der Waals surface area contributed by atoms with Crippen molar-refractivity contribution in [3.05, 3.63) is 41.0 Å². The highest BCUT2D eigenvalue weighted by Crippen LogP contribution is 2.44. The fourth-order valence-electron chi connectivity index (χ4n) is 3.36. The summed E-state index contributed by atoms with van der Waals surface area (Å²) in [5, 5.41) is 0. The molecule has 0 saturated heterocycles. The van der Waals surface area contributed by atoms with E-state index in [1.165, 1.54) is 0 Å². The Morgan fingerprint density at radius 3 is 1.93 bits per heavy atom. The molecule has 0 aromatic heterocycles. The molecule has 0 fully saturated rings. The number of hydrogen-bond donors (Lipinski definition) is 0. The highest BCUT2D eigenvalue weighted by Gasteiger charge is 2.24. The summed E-state index contributed by atoms with van der Waals surface area (Å²) in [7, 11) is 6.36. The van der Waals surface area contributed by atoms with Gasteiger partial charge in [-0.25, -0.2) is 4.79 Å². The van der Waals surface area contributed by atoms with Gasteiger partial charge in [0.1, 0.15) is 0 Å². The molecule has 3 rings (SSSR count). The third kappa shape index (κ3) is 3.50. The second kappa shape index (κ2) is 8.25. The molecule has 2 aromatic carbocycles. The number of fused-ring (bicyclic) bond motifs is 3. The van der Waals surface area contributed by atoms with E-state index in [0.29, 0.717) is 41.6 Å². The second-order valence-corrected chi connectivity index (χ2v) is 6.23. The predicted molar refractivity (Wildman–Crippen MR) is 106 cm³/mol. The van der Waals surface area contributed by atoms with E-state index in [2.05, 4.69) is 0 Å². The van der Waals surface area contributed by atoms with Crippen molar-refractivity contribution < 1.29 is 28.5 Å². The summed E-state index contributed by atoms with van der Waals surface area (Å²) in [5.41, 5.74) is 4.17. The molecular weight excluding hydrogens is 360 g/mol. The number of hydrogen-bond acceptors (Lipinski definition) is 6. The maximum atomic E-state index is 12.5. The van der Waals surface area contributed by atoms with E-state index in [1.807, 2.05) is 30.3 Å². The van der Waals surface area contributed by atoms with Crippen LogP contribution in [0.15, 0.2) is 29.8 Å². The summed E-state index contributed by atoms with van der Waals surface area (Å²) in [6.45, 7) is 2.10. The molecule has 28 heavy (non-hydrogen) atoms. The van der Waals surface area contributed by atoms with Crippen LogP contribution in [0.25, 0.3) is 17.2 Å². The van der Waals surface area contributed by atoms with Gasteiger partial charge in [0.2, 0.25) is 0 Å². The van der Waals surface area contributed by atoms with E-state index in [1.54, 1.807) is 35.4 Å². The molecule has 1 aliphatic carbocycles. The maximum Gasteiger partial charge on any atom is 0.334 e. The van der Waals surface area contributed by atoms with Crippen LogP contribution in [0, 0.1) is 0 Å². The second-order valence-electron chi connectivity index (χ2n) is 6.23. The Bertz CT molecular complexity index is 929. The molecule has 0 amide bonds. The van der Waals surface area contributed by atoms with E-state index >= 15 is 0 Å². The van der Waals surface area contributed by atoms with Crippen LogP contribution in [0.2, 0.25) is 0 Å². The molecular formula is C22H24O6. The molecule has 0 heterocycles. The molecule has 0 N–H and O–H groups in total. The lowest BCUT2D eigenvalue weighted by Crippen LogP contribution is -2.09. The number of methoxy groups -OCH3 is 4. The van der Waals surface area contributed by atoms with Crippen LogP contribution < -0.4 is 18.9 Å². The average molecular weight is 384 g/mol. The quantitative estimate of drug-likeness (QED) is 0.704. The van der Waals surface area contributed by atoms with E-state index in [-0.39, 0.29) is 5.97 Å². The number of carbonyl (C=O) groups is 1. The van der Waals surface area contributed by atoms with Crippen molar-refractivity contribution in [3.8, 4) is 34.1 Å². The van der Waals surface area contributed by atoms with E-state index < -0.39 is 0 Å². The Kier molecular flexibility index (Phi) is 5.78. The van der Waals surface area contributed by atoms with Crippen molar-refractivity contribution in [2.24, 2.45) is 0 Å². The van der Waals surface area contributed by atoms with Gasteiger partial charge in [-0.3, -0.25) is 0 Å². The number of esters is 1. The van der Waals surface area contributed by atoms with Gasteiger partial charge < -0.3 is 23.7 Å². The first-order chi connectivity index (χ1) is 13.6. The van der Waals surface area contributed by atoms with Crippen molar-refractivity contribution in [2.75, 3.05) is 35.0 Å². The highest BCUT2D eigenvalue weighted by molar-refractivity contribution is 5.98. The molecule has 0 aliphatic heterocycles. The Balaban J connectivity index is 2.30. The van der Waals surface area contributed by atoms with Gasteiger partial charge in [-0.2, -0.15) is 0 Å². The van der Waals surface area contributed by atoms with Crippen LogP contribution in [0.1, 0.15) is 18.1 Å². The molecule has 0 spiro atoms. The molecule has 6 heteroatoms. The lowest BCUT2D eigenvalue weighted by atomic mass is 9.95. The van der Waals surface area contributed by atoms with E-state index in [0.717, 1.165) is 22.3 Å². The van der Waals surface area contributed by atoms with Gasteiger partial charge in [-0.05, 0) is 59.5 Å². The van der Waals surface area contributed by atoms with Crippen LogP contribution in [-0.2, 0) is 16.0 Å². The zero-order valence-electron chi connectivity index (χ0n) is 16.8. The molecule has 1 aliphatic rings. The lowest BCUT2D eigenvalue weighted by Gasteiger charge is -2.16. The molecule has 0 radical (unpaired) electrons. The van der Waals surface area contributed by atoms with Crippen molar-refractivity contribution in [3.63, 3.8) is 0 Å². The molecule has 6 nitrogen and oxygen atoms in total. The standard InChI is InChI=1S/C22H24O6/c1-6-28-22(23)15-7-13-9-18(24-2)20(26-4)11-16(13)17-12-21(27-5)19(25-3)10-14(17)8-15/h7,9-12H,6,8H2,1-5H3. The Morgan fingerprint density at radius 1 is 0.821 bits per heavy atom. The maximum absolute atomic E-state index is 12.5. The summed E-state index contributed by atoms with van der Waals surface area (Å²) in [4.78, 5) is 12.5. The number of rotatable bonds is 6. The fourth-order valence-corrected chi connectivity index (χ4v) is 3.36. The Hall–Kier alpha value is -3.15. The van der Waals surface area contributed by atoms with Gasteiger partial charge in [-0.1, -0.05) is 0 Å². The first-order valence-electron chi connectivity index (χ1n) is 8.95. The smallest absolute Gasteiger partial charge is 0.334 e. The molecule has 148 valence electrons. The topological polar surface area (TPSA) is 63.2 Å². The highest BCUT2D eigenvalue weighted by atomic mass is 16.5. The molecule has 0 bridgehead atoms. The normalized spacial score (nSPS) is 12.1. The predicted octanol–water partition coefficient (Wildman–Crippen LogP) is 3.89. The SMILES string of the molecule is CCOC(=O)C1=Cc2cc(OC)c(OC)cc2-c2cc(OC)c(OC)cc2C1. The first-order valence-corrected chi connectivity index (χ1v) is 8.95. The van der Waals surface area contributed by atoms with E-state index in [4.69, 9.17) is 23.7 Å². The van der Waals surface area contributed by atoms with Gasteiger partial charge in [0.25, 0.3) is 0 Å². The summed E-state index contributed by atoms with van der Waals surface area (Å²) in [5.74, 6) is 2.07. The van der Waals surface area contributed by atoms with Crippen LogP contribution in [0.5, 0.6) is 23.0 Å². The van der Waals surface area contributed by atoms with Crippen molar-refractivity contribution in [1.29, 1.82) is 0 Å². The minimum atomic E-state index is -0.342. The zero-order valence-corrected chi connectivity index (χ0v) is 16.8. The Morgan fingerprint density at radius 2 is 1.36 bits per heavy atom. The monoisotopic (exact) mass is 384 g/mol. The van der Waals surface area contributed by atoms with Crippen molar-refractivity contribution in [1.82, 2.24) is 0 Å². The third-order valence-electron chi connectivity index (χ3n) is 4.70. The number of benzene rings is 2. The summed E-state index contributed by atoms with van der Waals surface area (Å²) in [6.07, 6.45) is 2.25. The summed E-state index contributed by atoms with van der Waals surface area (Å²) < 4.78 is 27.1. The minimum absolute atomic E-state index is 0.313. The average Bonchev–Trinajstić information content (AvgIpc) is 2.87. The van der Waals surface area contributed by atoms with Crippen molar-refractivity contribution in [2.45, 2.75) is 13.3 Å². The van der Waals surface area contributed by atoms with Gasteiger partial charge >= 0.3 is 5.97 Å². The van der Waals surface area contributed by atoms with Gasteiger partial charge in [0.15, 0.2) is 23.0 Å². The first kappa shape index (κ1) is 19.6. The van der Waals surface area contributed by atoms with Crippen LogP contribution in [0.3, 0.4) is 0 Å². The van der Waals surface area contributed by atoms with Crippen LogP contribution in [0.4, 0.5) is 0 Å². The number of ether oxygens (including phenoxy) is 5. The van der Waals surface area contributed by atoms with Crippen molar-refractivity contribution >= 4 is 12.0 Å². The zero-order chi connectivity index (χ0) is 20.3. The van der Waals surface area contributed by atoms with E-state index in [9.17, 15) is 4.79 Å². The largest absolute Gasteiger partial charge is 0.493 e. The molecule has 0 unspecified atom stereocenters. The molecule has 2 aromatic rings. The number of carbonyl (C=O) groups excluding carboxylic acids is 1. The summed E-state index contributed by atoms with van der Waals surface area (Å²) in [6, 6.07) is 7.58. The van der Waals surface area contributed by atoms with Gasteiger partial charge in [0.05, 0.1) is 35.0 Å². The summed E-state index contributed by atoms with van der Waals surface area (Å²) >= 11 is 0. The van der Waals surface area contributed by atoms with Crippen LogP contribution in [-0.4, -0.2) is 41.0 Å². The Labute approximate surface area is 164 Å². The molecule has 0 saturated carbocycles. The van der Waals surface area contributed by atoms with Gasteiger partial charge in [0, 0.05) is 12.0 Å². The fraction of sp³-hybridized carbons (Fsp3) is 0.318. The molecule has 0 atom stereocenters.